The van der Waals surface area contributed by atoms with Gasteiger partial charge in [0.1, 0.15) is 6.10 Å². The molecule has 1 saturated carbocycles. The van der Waals surface area contributed by atoms with E-state index in [0.29, 0.717) is 0 Å². The molecule has 0 aromatic heterocycles. The van der Waals surface area contributed by atoms with Crippen molar-refractivity contribution in [2.45, 2.75) is 60.5 Å². The van der Waals surface area contributed by atoms with Crippen LogP contribution in [-0.4, -0.2) is 5.97 Å². The highest BCUT2D eigenvalue weighted by Gasteiger charge is 2.64. The summed E-state index contributed by atoms with van der Waals surface area (Å²) >= 11 is 0. The van der Waals surface area contributed by atoms with Crippen LogP contribution in [0.5, 0.6) is 0 Å². The van der Waals surface area contributed by atoms with E-state index < -0.39 is 0 Å². The molecule has 2 unspecified atom stereocenters. The van der Waals surface area contributed by atoms with Gasteiger partial charge in [0, 0.05) is 0 Å². The summed E-state index contributed by atoms with van der Waals surface area (Å²) in [6.45, 7) is 12.2. The molecular formula is C24H30O2. The van der Waals surface area contributed by atoms with Gasteiger partial charge in [-0.25, -0.2) is 0 Å². The van der Waals surface area contributed by atoms with Crippen LogP contribution in [0.4, 0.5) is 0 Å². The lowest BCUT2D eigenvalue weighted by Gasteiger charge is -2.19. The molecule has 2 aromatic rings. The summed E-state index contributed by atoms with van der Waals surface area (Å²) < 4.78 is 5.80. The van der Waals surface area contributed by atoms with Gasteiger partial charge >= 0.3 is 5.97 Å². The minimum absolute atomic E-state index is 0.0589. The van der Waals surface area contributed by atoms with Crippen LogP contribution >= 0.6 is 0 Å². The van der Waals surface area contributed by atoms with Crippen molar-refractivity contribution in [3.8, 4) is 11.1 Å². The van der Waals surface area contributed by atoms with Crippen LogP contribution < -0.4 is 0 Å². The highest BCUT2D eigenvalue weighted by Crippen LogP contribution is 2.64. The van der Waals surface area contributed by atoms with Crippen LogP contribution in [-0.2, 0) is 16.0 Å². The third-order valence-electron chi connectivity index (χ3n) is 6.19. The molecule has 1 fully saturated rings. The highest BCUT2D eigenvalue weighted by molar-refractivity contribution is 5.81. The molecule has 2 heteroatoms. The van der Waals surface area contributed by atoms with E-state index in [1.54, 1.807) is 0 Å². The summed E-state index contributed by atoms with van der Waals surface area (Å²) in [4.78, 5) is 12.5. The molecule has 2 aromatic carbocycles. The number of rotatable bonds is 3. The molecular weight excluding hydrogens is 320 g/mol. The number of hydrogen-bond donors (Lipinski definition) is 0. The van der Waals surface area contributed by atoms with Crippen LogP contribution in [0, 0.1) is 10.8 Å². The van der Waals surface area contributed by atoms with E-state index in [4.69, 9.17) is 4.74 Å². The zero-order valence-electron chi connectivity index (χ0n) is 16.8. The summed E-state index contributed by atoms with van der Waals surface area (Å²) in [5, 5.41) is 0. The Hall–Kier alpha value is -2.09. The average molecular weight is 351 g/mol. The maximum absolute atomic E-state index is 12.5. The van der Waals surface area contributed by atoms with Gasteiger partial charge in [0.15, 0.2) is 0 Å². The Morgan fingerprint density at radius 3 is 2.27 bits per heavy atom. The summed E-state index contributed by atoms with van der Waals surface area (Å²) in [7, 11) is 0. The highest BCUT2D eigenvalue weighted by atomic mass is 16.5. The number of esters is 1. The van der Waals surface area contributed by atoms with E-state index in [9.17, 15) is 4.79 Å². The fourth-order valence-electron chi connectivity index (χ4n) is 3.96. The molecule has 4 rings (SSSR count). The van der Waals surface area contributed by atoms with Crippen LogP contribution in [0.2, 0.25) is 0 Å². The normalized spacial score (nSPS) is 22.4. The smallest absolute Gasteiger partial charge is 0.312 e. The summed E-state index contributed by atoms with van der Waals surface area (Å²) in [5.41, 5.74) is 6.16. The van der Waals surface area contributed by atoms with E-state index in [0.717, 1.165) is 18.4 Å². The molecule has 0 spiro atoms. The van der Waals surface area contributed by atoms with Crippen molar-refractivity contribution < 1.29 is 9.53 Å². The van der Waals surface area contributed by atoms with Crippen molar-refractivity contribution in [2.75, 3.05) is 0 Å². The Morgan fingerprint density at radius 2 is 1.62 bits per heavy atom. The van der Waals surface area contributed by atoms with Crippen LogP contribution in [0.15, 0.2) is 42.5 Å². The van der Waals surface area contributed by atoms with Gasteiger partial charge in [-0.1, -0.05) is 70.2 Å². The first-order chi connectivity index (χ1) is 12.3. The van der Waals surface area contributed by atoms with E-state index in [1.165, 1.54) is 22.3 Å². The molecule has 2 nitrogen and oxygen atoms in total. The maximum atomic E-state index is 12.5. The molecule has 138 valence electrons. The van der Waals surface area contributed by atoms with Gasteiger partial charge in [0.05, 0.1) is 5.41 Å². The first-order valence-corrected chi connectivity index (χ1v) is 9.74. The summed E-state index contributed by atoms with van der Waals surface area (Å²) in [6, 6.07) is 15.0. The molecule has 0 heterocycles. The zero-order valence-corrected chi connectivity index (χ0v) is 16.8. The van der Waals surface area contributed by atoms with Gasteiger partial charge in [-0.05, 0) is 59.9 Å². The van der Waals surface area contributed by atoms with E-state index in [2.05, 4.69) is 56.3 Å². The molecule has 2 atom stereocenters. The zero-order chi connectivity index (χ0) is 19.1. The third-order valence-corrected chi connectivity index (χ3v) is 6.19. The Kier molecular flexibility index (Phi) is 4.72. The molecule has 2 aliphatic carbocycles. The predicted octanol–water partition coefficient (Wildman–Crippen LogP) is 6.32. The van der Waals surface area contributed by atoms with Crippen molar-refractivity contribution in [3.05, 3.63) is 59.2 Å². The fourth-order valence-corrected chi connectivity index (χ4v) is 3.96. The molecule has 0 saturated heterocycles. The van der Waals surface area contributed by atoms with E-state index in [1.807, 2.05) is 27.7 Å². The molecule has 2 aliphatic rings. The lowest BCUT2D eigenvalue weighted by atomic mass is 9.98. The Bertz CT molecular complexity index is 834. The summed E-state index contributed by atoms with van der Waals surface area (Å²) in [6.07, 6.45) is 1.66. The minimum Gasteiger partial charge on any atom is -0.457 e. The molecule has 0 radical (unpaired) electrons. The Morgan fingerprint density at radius 1 is 1.00 bits per heavy atom. The van der Waals surface area contributed by atoms with Gasteiger partial charge < -0.3 is 4.74 Å². The van der Waals surface area contributed by atoms with Crippen molar-refractivity contribution in [1.29, 1.82) is 0 Å². The van der Waals surface area contributed by atoms with Gasteiger partial charge in [0.25, 0.3) is 0 Å². The van der Waals surface area contributed by atoms with Crippen LogP contribution in [0.25, 0.3) is 11.1 Å². The maximum Gasteiger partial charge on any atom is 0.312 e. The SMILES string of the molecule is CC.CC(OC(=O)C1(C)CC1(C)C)c1ccc2c(c1)Cc1ccccc1-2. The largest absolute Gasteiger partial charge is 0.457 e. The predicted molar refractivity (Wildman–Crippen MR) is 107 cm³/mol. The minimum atomic E-state index is -0.325. The van der Waals surface area contributed by atoms with Crippen molar-refractivity contribution in [2.24, 2.45) is 10.8 Å². The number of fused-ring (bicyclic) bond motifs is 3. The second-order valence-electron chi connectivity index (χ2n) is 8.19. The molecule has 0 aliphatic heterocycles. The van der Waals surface area contributed by atoms with Gasteiger partial charge in [-0.2, -0.15) is 0 Å². The van der Waals surface area contributed by atoms with E-state index >= 15 is 0 Å². The third kappa shape index (κ3) is 2.96. The van der Waals surface area contributed by atoms with Crippen molar-refractivity contribution >= 4 is 5.97 Å². The number of benzene rings is 2. The number of hydrogen-bond acceptors (Lipinski definition) is 2. The monoisotopic (exact) mass is 350 g/mol. The van der Waals surface area contributed by atoms with Crippen LogP contribution in [0.1, 0.15) is 70.8 Å². The van der Waals surface area contributed by atoms with Crippen molar-refractivity contribution in [3.63, 3.8) is 0 Å². The fraction of sp³-hybridized carbons (Fsp3) is 0.458. The topological polar surface area (TPSA) is 26.3 Å². The first kappa shape index (κ1) is 18.7. The van der Waals surface area contributed by atoms with E-state index in [-0.39, 0.29) is 22.9 Å². The molecule has 0 N–H and O–H groups in total. The quantitative estimate of drug-likeness (QED) is 0.516. The lowest BCUT2D eigenvalue weighted by molar-refractivity contribution is -0.156. The second-order valence-corrected chi connectivity index (χ2v) is 8.19. The van der Waals surface area contributed by atoms with Gasteiger partial charge in [-0.15, -0.1) is 0 Å². The number of carbonyl (C=O) groups is 1. The average Bonchev–Trinajstić information content (AvgIpc) is 2.99. The molecule has 26 heavy (non-hydrogen) atoms. The van der Waals surface area contributed by atoms with Gasteiger partial charge in [0.2, 0.25) is 0 Å². The second kappa shape index (κ2) is 6.57. The summed E-state index contributed by atoms with van der Waals surface area (Å²) in [5.74, 6) is -0.0659. The number of ether oxygens (including phenoxy) is 1. The molecule has 0 bridgehead atoms. The Labute approximate surface area is 157 Å². The Balaban J connectivity index is 0.000000948. The van der Waals surface area contributed by atoms with Gasteiger partial charge in [-0.3, -0.25) is 4.79 Å². The van der Waals surface area contributed by atoms with Crippen molar-refractivity contribution in [1.82, 2.24) is 0 Å². The lowest BCUT2D eigenvalue weighted by Crippen LogP contribution is -2.22. The first-order valence-electron chi connectivity index (χ1n) is 9.74. The van der Waals surface area contributed by atoms with Crippen LogP contribution in [0.3, 0.4) is 0 Å². The standard InChI is InChI=1S/C22H24O2.C2H6/c1-14(24-20(23)22(4)13-21(22,2)3)15-9-10-19-17(11-15)12-16-7-5-6-8-18(16)19;1-2/h5-11,14H,12-13H2,1-4H3;1-2H3. The number of carbonyl (C=O) groups excluding carboxylic acids is 1. The molecule has 0 amide bonds.